The Hall–Kier alpha value is -1.25. The van der Waals surface area contributed by atoms with Crippen LogP contribution in [0.15, 0.2) is 24.0 Å². The lowest BCUT2D eigenvalue weighted by Crippen LogP contribution is -2.11. The van der Waals surface area contributed by atoms with Gasteiger partial charge in [0.05, 0.1) is 5.57 Å². The van der Waals surface area contributed by atoms with E-state index in [0.717, 1.165) is 12.8 Å². The van der Waals surface area contributed by atoms with Crippen molar-refractivity contribution in [3.63, 3.8) is 0 Å². The Bertz CT molecular complexity index is 266. The number of hydrogen-bond acceptors (Lipinski definition) is 3. The van der Waals surface area contributed by atoms with E-state index >= 15 is 0 Å². The van der Waals surface area contributed by atoms with Crippen LogP contribution in [0.4, 0.5) is 0 Å². The van der Waals surface area contributed by atoms with Gasteiger partial charge in [-0.1, -0.05) is 19.4 Å². The summed E-state index contributed by atoms with van der Waals surface area (Å²) in [5.41, 5.74) is 0.362. The van der Waals surface area contributed by atoms with Crippen LogP contribution >= 0.6 is 0 Å². The molecule has 0 bridgehead atoms. The Kier molecular flexibility index (Phi) is 3.74. The number of allylic oxidation sites excluding steroid dienone is 1. The number of esters is 1. The zero-order valence-electron chi connectivity index (χ0n) is 8.45. The molecule has 0 amide bonds. The van der Waals surface area contributed by atoms with Gasteiger partial charge in [0, 0.05) is 6.42 Å². The van der Waals surface area contributed by atoms with Crippen LogP contribution in [-0.4, -0.2) is 17.2 Å². The van der Waals surface area contributed by atoms with Gasteiger partial charge in [-0.25, -0.2) is 4.79 Å². The maximum atomic E-state index is 11.3. The highest BCUT2D eigenvalue weighted by molar-refractivity contribution is 5.91. The Morgan fingerprint density at radius 2 is 2.36 bits per heavy atom. The lowest BCUT2D eigenvalue weighted by Gasteiger charge is -2.08. The summed E-state index contributed by atoms with van der Waals surface area (Å²) in [6, 6.07) is 0. The molecule has 3 heteroatoms. The van der Waals surface area contributed by atoms with Crippen molar-refractivity contribution in [2.24, 2.45) is 0 Å². The van der Waals surface area contributed by atoms with Crippen LogP contribution in [0.3, 0.4) is 0 Å². The minimum absolute atomic E-state index is 0.100. The first-order valence-corrected chi connectivity index (χ1v) is 4.94. The molecule has 0 saturated heterocycles. The van der Waals surface area contributed by atoms with Gasteiger partial charge >= 0.3 is 5.97 Å². The SMILES string of the molecule is C=CCC1=C(O)C(CCCC)OC1=O. The van der Waals surface area contributed by atoms with E-state index in [2.05, 4.69) is 13.5 Å². The van der Waals surface area contributed by atoms with Crippen LogP contribution in [0, 0.1) is 0 Å². The van der Waals surface area contributed by atoms with Crippen LogP contribution < -0.4 is 0 Å². The Morgan fingerprint density at radius 1 is 1.64 bits per heavy atom. The highest BCUT2D eigenvalue weighted by atomic mass is 16.6. The first-order valence-electron chi connectivity index (χ1n) is 4.94. The number of carbonyl (C=O) groups is 1. The molecule has 0 aromatic rings. The predicted molar refractivity (Wildman–Crippen MR) is 53.9 cm³/mol. The molecule has 1 N–H and O–H groups in total. The normalized spacial score (nSPS) is 21.2. The van der Waals surface area contributed by atoms with Gasteiger partial charge in [-0.05, 0) is 12.8 Å². The van der Waals surface area contributed by atoms with Gasteiger partial charge in [0.15, 0.2) is 6.10 Å². The summed E-state index contributed by atoms with van der Waals surface area (Å²) in [7, 11) is 0. The average Bonchev–Trinajstić information content (AvgIpc) is 2.43. The van der Waals surface area contributed by atoms with Crippen molar-refractivity contribution in [1.29, 1.82) is 0 Å². The molecule has 1 atom stereocenters. The Labute approximate surface area is 84.1 Å². The lowest BCUT2D eigenvalue weighted by molar-refractivity contribution is -0.140. The third-order valence-electron chi connectivity index (χ3n) is 2.28. The highest BCUT2D eigenvalue weighted by Gasteiger charge is 2.32. The topological polar surface area (TPSA) is 46.5 Å². The predicted octanol–water partition coefficient (Wildman–Crippen LogP) is 2.49. The number of cyclic esters (lactones) is 1. The molecule has 1 aliphatic rings. The molecule has 0 aromatic carbocycles. The van der Waals surface area contributed by atoms with Gasteiger partial charge in [-0.15, -0.1) is 6.58 Å². The Morgan fingerprint density at radius 3 is 2.93 bits per heavy atom. The average molecular weight is 196 g/mol. The molecule has 0 aliphatic carbocycles. The number of rotatable bonds is 5. The third-order valence-corrected chi connectivity index (χ3v) is 2.28. The molecule has 0 aromatic heterocycles. The second kappa shape index (κ2) is 4.84. The summed E-state index contributed by atoms with van der Waals surface area (Å²) in [6.45, 7) is 5.58. The smallest absolute Gasteiger partial charge is 0.338 e. The van der Waals surface area contributed by atoms with Crippen LogP contribution in [0.2, 0.25) is 0 Å². The second-order valence-electron chi connectivity index (χ2n) is 3.39. The Balaban J connectivity index is 2.66. The number of unbranched alkanes of at least 4 members (excludes halogenated alkanes) is 1. The number of aliphatic hydroxyl groups excluding tert-OH is 1. The fourth-order valence-corrected chi connectivity index (χ4v) is 1.47. The van der Waals surface area contributed by atoms with E-state index < -0.39 is 12.1 Å². The van der Waals surface area contributed by atoms with E-state index in [1.54, 1.807) is 6.08 Å². The van der Waals surface area contributed by atoms with Gasteiger partial charge in [0.1, 0.15) is 5.76 Å². The van der Waals surface area contributed by atoms with Crippen molar-refractivity contribution in [1.82, 2.24) is 0 Å². The molecule has 0 spiro atoms. The summed E-state index contributed by atoms with van der Waals surface area (Å²) in [5.74, 6) is -0.299. The molecule has 1 heterocycles. The van der Waals surface area contributed by atoms with Gasteiger partial charge in [-0.3, -0.25) is 0 Å². The zero-order valence-corrected chi connectivity index (χ0v) is 8.45. The minimum Gasteiger partial charge on any atom is -0.508 e. The summed E-state index contributed by atoms with van der Waals surface area (Å²) in [4.78, 5) is 11.3. The third kappa shape index (κ3) is 2.16. The van der Waals surface area contributed by atoms with Crippen molar-refractivity contribution >= 4 is 5.97 Å². The zero-order chi connectivity index (χ0) is 10.6. The molecular formula is C11H16O3. The van der Waals surface area contributed by atoms with Crippen molar-refractivity contribution in [3.8, 4) is 0 Å². The van der Waals surface area contributed by atoms with Crippen molar-refractivity contribution in [3.05, 3.63) is 24.0 Å². The molecule has 1 aliphatic heterocycles. The van der Waals surface area contributed by atoms with Crippen molar-refractivity contribution in [2.45, 2.75) is 38.7 Å². The standard InChI is InChI=1S/C11H16O3/c1-3-5-7-9-10(12)8(6-4-2)11(13)14-9/h4,9,12H,2-3,5-7H2,1H3. The van der Waals surface area contributed by atoms with E-state index in [9.17, 15) is 9.90 Å². The first kappa shape index (κ1) is 10.8. The second-order valence-corrected chi connectivity index (χ2v) is 3.39. The van der Waals surface area contributed by atoms with Gasteiger partial charge in [0.25, 0.3) is 0 Å². The summed E-state index contributed by atoms with van der Waals surface area (Å²) in [5, 5.41) is 9.66. The summed E-state index contributed by atoms with van der Waals surface area (Å²) in [6.07, 6.45) is 4.23. The molecule has 0 saturated carbocycles. The number of carbonyl (C=O) groups excluding carboxylic acids is 1. The molecule has 1 unspecified atom stereocenters. The molecule has 0 fully saturated rings. The first-order chi connectivity index (χ1) is 6.70. The van der Waals surface area contributed by atoms with Crippen LogP contribution in [0.1, 0.15) is 32.6 Å². The van der Waals surface area contributed by atoms with Crippen LogP contribution in [0.25, 0.3) is 0 Å². The summed E-state index contributed by atoms with van der Waals surface area (Å²) < 4.78 is 5.03. The maximum Gasteiger partial charge on any atom is 0.338 e. The van der Waals surface area contributed by atoms with E-state index in [1.807, 2.05) is 0 Å². The summed E-state index contributed by atoms with van der Waals surface area (Å²) >= 11 is 0. The fourth-order valence-electron chi connectivity index (χ4n) is 1.47. The van der Waals surface area contributed by atoms with E-state index in [4.69, 9.17) is 4.74 Å². The van der Waals surface area contributed by atoms with Gasteiger partial charge in [-0.2, -0.15) is 0 Å². The largest absolute Gasteiger partial charge is 0.508 e. The monoisotopic (exact) mass is 196 g/mol. The highest BCUT2D eigenvalue weighted by Crippen LogP contribution is 2.26. The number of ether oxygens (including phenoxy) is 1. The van der Waals surface area contributed by atoms with E-state index in [1.165, 1.54) is 0 Å². The molecule has 3 nitrogen and oxygen atoms in total. The molecule has 78 valence electrons. The fraction of sp³-hybridized carbons (Fsp3) is 0.545. The molecular weight excluding hydrogens is 180 g/mol. The molecule has 1 rings (SSSR count). The molecule has 14 heavy (non-hydrogen) atoms. The van der Waals surface area contributed by atoms with E-state index in [-0.39, 0.29) is 5.76 Å². The lowest BCUT2D eigenvalue weighted by atomic mass is 10.1. The van der Waals surface area contributed by atoms with E-state index in [0.29, 0.717) is 18.4 Å². The number of hydrogen-bond donors (Lipinski definition) is 1. The van der Waals surface area contributed by atoms with Crippen molar-refractivity contribution < 1.29 is 14.6 Å². The van der Waals surface area contributed by atoms with Crippen LogP contribution in [0.5, 0.6) is 0 Å². The maximum absolute atomic E-state index is 11.3. The molecule has 0 radical (unpaired) electrons. The number of aliphatic hydroxyl groups is 1. The quantitative estimate of drug-likeness (QED) is 0.542. The van der Waals surface area contributed by atoms with Crippen LogP contribution in [-0.2, 0) is 9.53 Å². The van der Waals surface area contributed by atoms with Gasteiger partial charge in [0.2, 0.25) is 0 Å². The van der Waals surface area contributed by atoms with Gasteiger partial charge < -0.3 is 9.84 Å². The minimum atomic E-state index is -0.419. The van der Waals surface area contributed by atoms with Crippen molar-refractivity contribution in [2.75, 3.05) is 0 Å².